The van der Waals surface area contributed by atoms with E-state index in [1.165, 1.54) is 23.6 Å². The van der Waals surface area contributed by atoms with Crippen LogP contribution in [0.25, 0.3) is 11.5 Å². The van der Waals surface area contributed by atoms with Crippen molar-refractivity contribution in [3.8, 4) is 17.2 Å². The summed E-state index contributed by atoms with van der Waals surface area (Å²) in [7, 11) is 0. The van der Waals surface area contributed by atoms with Crippen molar-refractivity contribution in [1.29, 1.82) is 0 Å². The van der Waals surface area contributed by atoms with E-state index in [2.05, 4.69) is 10.1 Å². The van der Waals surface area contributed by atoms with Gasteiger partial charge in [-0.05, 0) is 23.8 Å². The molecule has 0 bridgehead atoms. The highest BCUT2D eigenvalue weighted by Gasteiger charge is 2.18. The second-order valence-corrected chi connectivity index (χ2v) is 7.63. The van der Waals surface area contributed by atoms with Gasteiger partial charge >= 0.3 is 5.69 Å². The topological polar surface area (TPSA) is 106 Å². The molecule has 0 unspecified atom stereocenters. The zero-order valence-electron chi connectivity index (χ0n) is 15.9. The standard InChI is InChI=1S/C21H15ClN4O4S/c22-16-9-15(20(27)17(10-16)26(28)29)12-24-25-18(19-7-4-8-30-19)13-31-21(25)23-11-14-5-2-1-3-6-14/h1-10,12-13,27H,11H2. The summed E-state index contributed by atoms with van der Waals surface area (Å²) in [6, 6.07) is 15.8. The number of aromatic hydroxyl groups is 1. The van der Waals surface area contributed by atoms with E-state index in [0.717, 1.165) is 11.6 Å². The fourth-order valence-corrected chi connectivity index (χ4v) is 3.86. The Labute approximate surface area is 185 Å². The van der Waals surface area contributed by atoms with Crippen LogP contribution in [0.3, 0.4) is 0 Å². The first-order chi connectivity index (χ1) is 15.0. The SMILES string of the molecule is O=[N+]([O-])c1cc(Cl)cc(C=Nn2c(-c3ccco3)csc2=NCc2ccccc2)c1O. The van der Waals surface area contributed by atoms with Crippen LogP contribution in [0, 0.1) is 10.1 Å². The Morgan fingerprint density at radius 1 is 1.23 bits per heavy atom. The van der Waals surface area contributed by atoms with E-state index in [1.807, 2.05) is 35.7 Å². The number of nitro benzene ring substituents is 1. The van der Waals surface area contributed by atoms with Gasteiger partial charge in [0.2, 0.25) is 10.6 Å². The molecule has 0 atom stereocenters. The van der Waals surface area contributed by atoms with Crippen molar-refractivity contribution < 1.29 is 14.4 Å². The van der Waals surface area contributed by atoms with E-state index in [1.54, 1.807) is 23.1 Å². The summed E-state index contributed by atoms with van der Waals surface area (Å²) in [5.74, 6) is 0.0622. The molecule has 8 nitrogen and oxygen atoms in total. The van der Waals surface area contributed by atoms with Gasteiger partial charge in [0.15, 0.2) is 5.76 Å². The number of benzene rings is 2. The van der Waals surface area contributed by atoms with Gasteiger partial charge in [0.1, 0.15) is 5.69 Å². The van der Waals surface area contributed by atoms with Crippen molar-refractivity contribution in [1.82, 2.24) is 4.68 Å². The Bertz CT molecular complexity index is 1310. The summed E-state index contributed by atoms with van der Waals surface area (Å²) in [5.41, 5.74) is 1.30. The highest BCUT2D eigenvalue weighted by Crippen LogP contribution is 2.32. The highest BCUT2D eigenvalue weighted by atomic mass is 35.5. The average molecular weight is 455 g/mol. The maximum absolute atomic E-state index is 11.2. The third-order valence-electron chi connectivity index (χ3n) is 4.29. The maximum atomic E-state index is 11.2. The van der Waals surface area contributed by atoms with Crippen molar-refractivity contribution in [2.24, 2.45) is 10.1 Å². The molecule has 1 N–H and O–H groups in total. The van der Waals surface area contributed by atoms with E-state index in [0.29, 0.717) is 22.8 Å². The van der Waals surface area contributed by atoms with Gasteiger partial charge in [-0.1, -0.05) is 41.9 Å². The first-order valence-electron chi connectivity index (χ1n) is 9.03. The van der Waals surface area contributed by atoms with Crippen LogP contribution >= 0.6 is 22.9 Å². The Hall–Kier alpha value is -3.69. The quantitative estimate of drug-likeness (QED) is 0.249. The molecule has 2 aromatic heterocycles. The summed E-state index contributed by atoms with van der Waals surface area (Å²) in [6.45, 7) is 0.447. The molecule has 4 rings (SSSR count). The normalized spacial score (nSPS) is 12.0. The Kier molecular flexibility index (Phi) is 5.96. The van der Waals surface area contributed by atoms with E-state index in [-0.39, 0.29) is 10.6 Å². The highest BCUT2D eigenvalue weighted by molar-refractivity contribution is 7.07. The van der Waals surface area contributed by atoms with Gasteiger partial charge in [0.25, 0.3) is 0 Å². The van der Waals surface area contributed by atoms with Crippen LogP contribution in [0.4, 0.5) is 5.69 Å². The second kappa shape index (κ2) is 8.99. The van der Waals surface area contributed by atoms with Crippen molar-refractivity contribution in [2.75, 3.05) is 0 Å². The maximum Gasteiger partial charge on any atom is 0.312 e. The fourth-order valence-electron chi connectivity index (χ4n) is 2.82. The number of phenolic OH excluding ortho intramolecular Hbond substituents is 1. The monoisotopic (exact) mass is 454 g/mol. The molecule has 0 saturated heterocycles. The number of nitrogens with zero attached hydrogens (tertiary/aromatic N) is 4. The lowest BCUT2D eigenvalue weighted by molar-refractivity contribution is -0.385. The molecule has 0 aliphatic rings. The zero-order valence-corrected chi connectivity index (χ0v) is 17.5. The van der Waals surface area contributed by atoms with Crippen LogP contribution in [0.2, 0.25) is 5.02 Å². The number of halogens is 1. The lowest BCUT2D eigenvalue weighted by Gasteiger charge is -2.03. The van der Waals surface area contributed by atoms with Crippen LogP contribution in [-0.2, 0) is 6.54 Å². The number of hydrogen-bond acceptors (Lipinski definition) is 7. The molecule has 0 aliphatic carbocycles. The number of rotatable bonds is 6. The molecular formula is C21H15ClN4O4S. The predicted octanol–water partition coefficient (Wildman–Crippen LogP) is 5.06. The number of thiazole rings is 1. The second-order valence-electron chi connectivity index (χ2n) is 6.36. The molecule has 0 amide bonds. The van der Waals surface area contributed by atoms with Crippen LogP contribution < -0.4 is 4.80 Å². The third-order valence-corrected chi connectivity index (χ3v) is 5.36. The number of hydrogen-bond donors (Lipinski definition) is 1. The van der Waals surface area contributed by atoms with Crippen LogP contribution in [-0.4, -0.2) is 20.9 Å². The number of furan rings is 1. The molecule has 0 radical (unpaired) electrons. The molecule has 0 fully saturated rings. The summed E-state index contributed by atoms with van der Waals surface area (Å²) < 4.78 is 7.05. The number of aromatic nitrogens is 1. The molecule has 2 aromatic carbocycles. The molecular weight excluding hydrogens is 440 g/mol. The third kappa shape index (κ3) is 4.57. The molecule has 156 valence electrons. The summed E-state index contributed by atoms with van der Waals surface area (Å²) >= 11 is 7.34. The average Bonchev–Trinajstić information content (AvgIpc) is 3.42. The van der Waals surface area contributed by atoms with Crippen LogP contribution in [0.1, 0.15) is 11.1 Å². The van der Waals surface area contributed by atoms with Gasteiger partial charge in [-0.25, -0.2) is 4.68 Å². The number of nitro groups is 1. The Morgan fingerprint density at radius 2 is 2.03 bits per heavy atom. The number of phenols is 1. The van der Waals surface area contributed by atoms with Gasteiger partial charge in [-0.15, -0.1) is 11.3 Å². The minimum absolute atomic E-state index is 0.109. The van der Waals surface area contributed by atoms with E-state index in [4.69, 9.17) is 16.0 Å². The van der Waals surface area contributed by atoms with Crippen molar-refractivity contribution >= 4 is 34.8 Å². The van der Waals surface area contributed by atoms with Gasteiger partial charge in [0, 0.05) is 22.0 Å². The van der Waals surface area contributed by atoms with Gasteiger partial charge in [-0.2, -0.15) is 5.10 Å². The minimum Gasteiger partial charge on any atom is -0.502 e. The summed E-state index contributed by atoms with van der Waals surface area (Å²) in [5, 5.41) is 27.8. The molecule has 0 spiro atoms. The molecule has 10 heteroatoms. The Morgan fingerprint density at radius 3 is 2.74 bits per heavy atom. The first-order valence-corrected chi connectivity index (χ1v) is 10.3. The largest absolute Gasteiger partial charge is 0.502 e. The Balaban J connectivity index is 1.78. The molecule has 2 heterocycles. The lowest BCUT2D eigenvalue weighted by Crippen LogP contribution is -2.12. The summed E-state index contributed by atoms with van der Waals surface area (Å²) in [4.78, 5) is 15.7. The van der Waals surface area contributed by atoms with Crippen molar-refractivity contribution in [3.05, 3.63) is 97.3 Å². The van der Waals surface area contributed by atoms with Crippen LogP contribution in [0.5, 0.6) is 5.75 Å². The molecule has 4 aromatic rings. The summed E-state index contributed by atoms with van der Waals surface area (Å²) in [6.07, 6.45) is 2.85. The van der Waals surface area contributed by atoms with Gasteiger partial charge in [-0.3, -0.25) is 15.1 Å². The lowest BCUT2D eigenvalue weighted by atomic mass is 10.2. The predicted molar refractivity (Wildman–Crippen MR) is 118 cm³/mol. The molecule has 31 heavy (non-hydrogen) atoms. The molecule has 0 saturated carbocycles. The fraction of sp³-hybridized carbons (Fsp3) is 0.0476. The van der Waals surface area contributed by atoms with E-state index in [9.17, 15) is 15.2 Å². The minimum atomic E-state index is -0.703. The van der Waals surface area contributed by atoms with E-state index < -0.39 is 16.4 Å². The smallest absolute Gasteiger partial charge is 0.312 e. The van der Waals surface area contributed by atoms with Crippen LogP contribution in [0.15, 0.2) is 80.8 Å². The van der Waals surface area contributed by atoms with Crippen molar-refractivity contribution in [3.63, 3.8) is 0 Å². The molecule has 0 aliphatic heterocycles. The van der Waals surface area contributed by atoms with Gasteiger partial charge in [0.05, 0.1) is 23.9 Å². The van der Waals surface area contributed by atoms with Gasteiger partial charge < -0.3 is 9.52 Å². The van der Waals surface area contributed by atoms with E-state index >= 15 is 0 Å². The first kappa shape index (κ1) is 20.6. The van der Waals surface area contributed by atoms with Crippen molar-refractivity contribution in [2.45, 2.75) is 6.54 Å². The zero-order chi connectivity index (χ0) is 21.8.